The Kier molecular flexibility index (Phi) is 3.09. The van der Waals surface area contributed by atoms with E-state index in [1.807, 2.05) is 13.2 Å². The van der Waals surface area contributed by atoms with Crippen molar-refractivity contribution in [2.45, 2.75) is 12.8 Å². The van der Waals surface area contributed by atoms with Crippen LogP contribution in [0.25, 0.3) is 11.0 Å². The molecule has 2 N–H and O–H groups in total. The summed E-state index contributed by atoms with van der Waals surface area (Å²) in [6.45, 7) is 0.835. The van der Waals surface area contributed by atoms with Crippen molar-refractivity contribution in [2.75, 3.05) is 11.9 Å². The molecule has 0 amide bonds. The van der Waals surface area contributed by atoms with Crippen LogP contribution in [-0.4, -0.2) is 36.3 Å². The highest BCUT2D eigenvalue weighted by atomic mass is 15.3. The van der Waals surface area contributed by atoms with Gasteiger partial charge in [0.05, 0.1) is 11.6 Å². The Bertz CT molecular complexity index is 656. The van der Waals surface area contributed by atoms with Gasteiger partial charge in [-0.1, -0.05) is 0 Å². The van der Waals surface area contributed by atoms with E-state index in [1.54, 1.807) is 23.4 Å². The third kappa shape index (κ3) is 2.40. The van der Waals surface area contributed by atoms with E-state index in [9.17, 15) is 0 Å². The van der Waals surface area contributed by atoms with Crippen molar-refractivity contribution in [1.29, 1.82) is 0 Å². The highest BCUT2D eigenvalue weighted by Gasteiger charge is 2.06. The second-order valence-corrected chi connectivity index (χ2v) is 4.29. The highest BCUT2D eigenvalue weighted by Crippen LogP contribution is 2.17. The predicted octanol–water partition coefficient (Wildman–Crippen LogP) is 1.13. The fraction of sp³-hybridized carbons (Fsp3) is 0.333. The van der Waals surface area contributed by atoms with Gasteiger partial charge in [-0.3, -0.25) is 4.68 Å². The zero-order chi connectivity index (χ0) is 13.1. The summed E-state index contributed by atoms with van der Waals surface area (Å²) in [5.74, 6) is 1.84. The molecule has 19 heavy (non-hydrogen) atoms. The zero-order valence-electron chi connectivity index (χ0n) is 10.7. The van der Waals surface area contributed by atoms with Gasteiger partial charge in [-0.15, -0.1) is 0 Å². The molecule has 0 aliphatic heterocycles. The van der Waals surface area contributed by atoms with E-state index in [2.05, 4.69) is 30.4 Å². The van der Waals surface area contributed by atoms with Gasteiger partial charge in [0.2, 0.25) is 0 Å². The summed E-state index contributed by atoms with van der Waals surface area (Å²) in [7, 11) is 1.87. The first kappa shape index (κ1) is 11.6. The number of aromatic nitrogens is 6. The molecule has 0 saturated carbocycles. The van der Waals surface area contributed by atoms with Crippen LogP contribution in [0, 0.1) is 0 Å². The molecule has 0 radical (unpaired) electrons. The van der Waals surface area contributed by atoms with Crippen LogP contribution in [0.15, 0.2) is 24.9 Å². The SMILES string of the molecule is Cn1ncc2c(NCCCc3ncc[nH]3)ncnc21. The summed E-state index contributed by atoms with van der Waals surface area (Å²) < 4.78 is 1.74. The van der Waals surface area contributed by atoms with E-state index in [0.29, 0.717) is 0 Å². The maximum Gasteiger partial charge on any atom is 0.163 e. The van der Waals surface area contributed by atoms with Crippen LogP contribution >= 0.6 is 0 Å². The van der Waals surface area contributed by atoms with E-state index >= 15 is 0 Å². The Labute approximate surface area is 110 Å². The molecule has 3 heterocycles. The second-order valence-electron chi connectivity index (χ2n) is 4.29. The van der Waals surface area contributed by atoms with Crippen molar-refractivity contribution < 1.29 is 0 Å². The Hall–Kier alpha value is -2.44. The lowest BCUT2D eigenvalue weighted by molar-refractivity contribution is 0.785. The zero-order valence-corrected chi connectivity index (χ0v) is 10.7. The quantitative estimate of drug-likeness (QED) is 0.669. The first-order chi connectivity index (χ1) is 9.34. The van der Waals surface area contributed by atoms with Gasteiger partial charge in [0.15, 0.2) is 5.65 Å². The van der Waals surface area contributed by atoms with Gasteiger partial charge in [0.25, 0.3) is 0 Å². The summed E-state index contributed by atoms with van der Waals surface area (Å²) in [5, 5.41) is 8.45. The number of nitrogens with one attached hydrogen (secondary N) is 2. The fourth-order valence-corrected chi connectivity index (χ4v) is 2.00. The average molecular weight is 257 g/mol. The number of imidazole rings is 1. The van der Waals surface area contributed by atoms with Crippen LogP contribution in [0.4, 0.5) is 5.82 Å². The van der Waals surface area contributed by atoms with Crippen molar-refractivity contribution in [3.63, 3.8) is 0 Å². The Balaban J connectivity index is 1.62. The number of hydrogen-bond donors (Lipinski definition) is 2. The smallest absolute Gasteiger partial charge is 0.163 e. The molecule has 3 aromatic rings. The van der Waals surface area contributed by atoms with Crippen molar-refractivity contribution in [3.05, 3.63) is 30.7 Å². The van der Waals surface area contributed by atoms with Gasteiger partial charge in [-0.05, 0) is 6.42 Å². The molecular weight excluding hydrogens is 242 g/mol. The van der Waals surface area contributed by atoms with Crippen molar-refractivity contribution in [1.82, 2.24) is 29.7 Å². The molecule has 0 bridgehead atoms. The molecule has 0 atom stereocenters. The Morgan fingerprint density at radius 3 is 3.11 bits per heavy atom. The lowest BCUT2D eigenvalue weighted by Crippen LogP contribution is -2.06. The van der Waals surface area contributed by atoms with Gasteiger partial charge < -0.3 is 10.3 Å². The van der Waals surface area contributed by atoms with Crippen LogP contribution in [0.2, 0.25) is 0 Å². The predicted molar refractivity (Wildman–Crippen MR) is 71.7 cm³/mol. The maximum absolute atomic E-state index is 4.26. The summed E-state index contributed by atoms with van der Waals surface area (Å²) in [6, 6.07) is 0. The van der Waals surface area contributed by atoms with Crippen LogP contribution in [0.1, 0.15) is 12.2 Å². The molecule has 0 fully saturated rings. The normalized spacial score (nSPS) is 11.0. The number of H-pyrrole nitrogens is 1. The van der Waals surface area contributed by atoms with E-state index in [1.165, 1.54) is 0 Å². The summed E-state index contributed by atoms with van der Waals surface area (Å²) in [5.41, 5.74) is 0.837. The molecule has 0 aromatic carbocycles. The number of fused-ring (bicyclic) bond motifs is 1. The first-order valence-corrected chi connectivity index (χ1v) is 6.19. The number of rotatable bonds is 5. The van der Waals surface area contributed by atoms with Crippen molar-refractivity contribution in [2.24, 2.45) is 7.05 Å². The molecule has 0 saturated heterocycles. The molecule has 3 aromatic heterocycles. The third-order valence-corrected chi connectivity index (χ3v) is 2.97. The topological polar surface area (TPSA) is 84.3 Å². The van der Waals surface area contributed by atoms with E-state index in [0.717, 1.165) is 42.1 Å². The summed E-state index contributed by atoms with van der Waals surface area (Å²) in [6.07, 6.45) is 8.85. The van der Waals surface area contributed by atoms with Gasteiger partial charge in [-0.25, -0.2) is 15.0 Å². The molecule has 7 nitrogen and oxygen atoms in total. The third-order valence-electron chi connectivity index (χ3n) is 2.97. The summed E-state index contributed by atoms with van der Waals surface area (Å²) in [4.78, 5) is 15.7. The van der Waals surface area contributed by atoms with Crippen molar-refractivity contribution >= 4 is 16.9 Å². The molecule has 3 rings (SSSR count). The number of anilines is 1. The molecule has 0 aliphatic carbocycles. The van der Waals surface area contributed by atoms with Gasteiger partial charge in [0, 0.05) is 32.4 Å². The lowest BCUT2D eigenvalue weighted by Gasteiger charge is -2.05. The number of aromatic amines is 1. The Morgan fingerprint density at radius 2 is 2.26 bits per heavy atom. The van der Waals surface area contributed by atoms with Gasteiger partial charge >= 0.3 is 0 Å². The van der Waals surface area contributed by atoms with Gasteiger partial charge in [0.1, 0.15) is 18.0 Å². The minimum Gasteiger partial charge on any atom is -0.369 e. The summed E-state index contributed by atoms with van der Waals surface area (Å²) >= 11 is 0. The molecule has 0 unspecified atom stereocenters. The lowest BCUT2D eigenvalue weighted by atomic mass is 10.3. The molecule has 98 valence electrons. The molecule has 7 heteroatoms. The number of aryl methyl sites for hydroxylation is 2. The largest absolute Gasteiger partial charge is 0.369 e. The number of nitrogens with zero attached hydrogens (tertiary/aromatic N) is 5. The van der Waals surface area contributed by atoms with Crippen LogP contribution in [0.3, 0.4) is 0 Å². The maximum atomic E-state index is 4.26. The monoisotopic (exact) mass is 257 g/mol. The van der Waals surface area contributed by atoms with Crippen LogP contribution < -0.4 is 5.32 Å². The van der Waals surface area contributed by atoms with Crippen molar-refractivity contribution in [3.8, 4) is 0 Å². The highest BCUT2D eigenvalue weighted by molar-refractivity contribution is 5.85. The number of hydrogen-bond acceptors (Lipinski definition) is 5. The fourth-order valence-electron chi connectivity index (χ4n) is 2.00. The molecule has 0 aliphatic rings. The Morgan fingerprint density at radius 1 is 1.32 bits per heavy atom. The first-order valence-electron chi connectivity index (χ1n) is 6.19. The minimum atomic E-state index is 0.831. The standard InChI is InChI=1S/C12H15N7/c1-19-12-9(7-18-19)11(16-8-17-12)15-4-2-3-10-13-5-6-14-10/h5-8H,2-4H2,1H3,(H,13,14)(H,15,16,17). The van der Waals surface area contributed by atoms with E-state index < -0.39 is 0 Å². The van der Waals surface area contributed by atoms with Crippen LogP contribution in [-0.2, 0) is 13.5 Å². The van der Waals surface area contributed by atoms with Crippen LogP contribution in [0.5, 0.6) is 0 Å². The average Bonchev–Trinajstić information content (AvgIpc) is 3.06. The molecular formula is C12H15N7. The minimum absolute atomic E-state index is 0.831. The molecule has 0 spiro atoms. The van der Waals surface area contributed by atoms with Gasteiger partial charge in [-0.2, -0.15) is 5.10 Å². The second kappa shape index (κ2) is 5.05. The van der Waals surface area contributed by atoms with E-state index in [-0.39, 0.29) is 0 Å². The van der Waals surface area contributed by atoms with E-state index in [4.69, 9.17) is 0 Å².